The van der Waals surface area contributed by atoms with Crippen LogP contribution in [0.5, 0.6) is 0 Å². The summed E-state index contributed by atoms with van der Waals surface area (Å²) in [6.45, 7) is 2.63. The molecule has 0 aliphatic rings. The standard InChI is InChI=1S/C15H17NO3/c1-11(12-6-4-3-5-7-12)16-10-13-8-9-19-14(13)15(17)18-2/h3-9,11,16H,10H2,1-2H3. The van der Waals surface area contributed by atoms with Gasteiger partial charge in [0.2, 0.25) is 5.76 Å². The average molecular weight is 259 g/mol. The van der Waals surface area contributed by atoms with Crippen LogP contribution in [0, 0.1) is 0 Å². The molecule has 1 aromatic carbocycles. The van der Waals surface area contributed by atoms with Crippen LogP contribution in [0.3, 0.4) is 0 Å². The van der Waals surface area contributed by atoms with E-state index in [-0.39, 0.29) is 11.8 Å². The molecule has 1 atom stereocenters. The van der Waals surface area contributed by atoms with Gasteiger partial charge in [-0.1, -0.05) is 30.3 Å². The van der Waals surface area contributed by atoms with Gasteiger partial charge in [-0.2, -0.15) is 0 Å². The first-order valence-corrected chi connectivity index (χ1v) is 6.15. The fourth-order valence-electron chi connectivity index (χ4n) is 1.87. The zero-order valence-corrected chi connectivity index (χ0v) is 11.1. The predicted molar refractivity (Wildman–Crippen MR) is 71.7 cm³/mol. The molecule has 0 aliphatic carbocycles. The minimum Gasteiger partial charge on any atom is -0.463 e. The molecule has 0 fully saturated rings. The van der Waals surface area contributed by atoms with Gasteiger partial charge in [-0.15, -0.1) is 0 Å². The highest BCUT2D eigenvalue weighted by Gasteiger charge is 2.16. The zero-order chi connectivity index (χ0) is 13.7. The van der Waals surface area contributed by atoms with Crippen molar-refractivity contribution < 1.29 is 13.9 Å². The van der Waals surface area contributed by atoms with Crippen LogP contribution >= 0.6 is 0 Å². The second kappa shape index (κ2) is 6.20. The third-order valence-corrected chi connectivity index (χ3v) is 3.02. The minimum absolute atomic E-state index is 0.196. The van der Waals surface area contributed by atoms with Gasteiger partial charge in [0.15, 0.2) is 0 Å². The molecule has 0 saturated heterocycles. The lowest BCUT2D eigenvalue weighted by Crippen LogP contribution is -2.19. The van der Waals surface area contributed by atoms with Gasteiger partial charge in [0.05, 0.1) is 13.4 Å². The van der Waals surface area contributed by atoms with Gasteiger partial charge in [0, 0.05) is 18.2 Å². The summed E-state index contributed by atoms with van der Waals surface area (Å²) < 4.78 is 9.81. The smallest absolute Gasteiger partial charge is 0.374 e. The Labute approximate surface area is 112 Å². The molecule has 4 heteroatoms. The number of carbonyl (C=O) groups excluding carboxylic acids is 1. The van der Waals surface area contributed by atoms with Crippen LogP contribution in [-0.4, -0.2) is 13.1 Å². The van der Waals surface area contributed by atoms with E-state index in [2.05, 4.69) is 29.1 Å². The summed E-state index contributed by atoms with van der Waals surface area (Å²) in [6.07, 6.45) is 1.50. The van der Waals surface area contributed by atoms with Crippen LogP contribution in [0.25, 0.3) is 0 Å². The molecule has 1 N–H and O–H groups in total. The Hall–Kier alpha value is -2.07. The first-order valence-electron chi connectivity index (χ1n) is 6.15. The molecule has 0 amide bonds. The lowest BCUT2D eigenvalue weighted by Gasteiger charge is -2.13. The number of nitrogens with one attached hydrogen (secondary N) is 1. The van der Waals surface area contributed by atoms with Crippen molar-refractivity contribution in [3.8, 4) is 0 Å². The molecule has 4 nitrogen and oxygen atoms in total. The van der Waals surface area contributed by atoms with E-state index in [1.807, 2.05) is 18.2 Å². The molecule has 2 rings (SSSR count). The molecule has 19 heavy (non-hydrogen) atoms. The summed E-state index contributed by atoms with van der Waals surface area (Å²) in [7, 11) is 1.34. The van der Waals surface area contributed by atoms with Crippen LogP contribution in [0.2, 0.25) is 0 Å². The van der Waals surface area contributed by atoms with Crippen LogP contribution < -0.4 is 5.32 Å². The number of ether oxygens (including phenoxy) is 1. The summed E-state index contributed by atoms with van der Waals surface area (Å²) in [5.41, 5.74) is 2.00. The van der Waals surface area contributed by atoms with Crippen molar-refractivity contribution in [2.75, 3.05) is 7.11 Å². The number of hydrogen-bond acceptors (Lipinski definition) is 4. The lowest BCUT2D eigenvalue weighted by atomic mass is 10.1. The Balaban J connectivity index is 2.00. The number of rotatable bonds is 5. The second-order valence-electron chi connectivity index (χ2n) is 4.28. The van der Waals surface area contributed by atoms with E-state index in [1.54, 1.807) is 6.07 Å². The highest BCUT2D eigenvalue weighted by Crippen LogP contribution is 2.15. The molecule has 0 aliphatic heterocycles. The van der Waals surface area contributed by atoms with Gasteiger partial charge in [0.25, 0.3) is 0 Å². The van der Waals surface area contributed by atoms with Crippen molar-refractivity contribution in [2.45, 2.75) is 19.5 Å². The van der Waals surface area contributed by atoms with E-state index in [0.717, 1.165) is 5.56 Å². The molecular formula is C15H17NO3. The number of carbonyl (C=O) groups is 1. The molecule has 1 heterocycles. The largest absolute Gasteiger partial charge is 0.463 e. The molecule has 0 bridgehead atoms. The van der Waals surface area contributed by atoms with Crippen molar-refractivity contribution in [1.82, 2.24) is 5.32 Å². The second-order valence-corrected chi connectivity index (χ2v) is 4.28. The number of hydrogen-bond donors (Lipinski definition) is 1. The van der Waals surface area contributed by atoms with E-state index < -0.39 is 5.97 Å². The van der Waals surface area contributed by atoms with Crippen molar-refractivity contribution >= 4 is 5.97 Å². The van der Waals surface area contributed by atoms with Gasteiger partial charge in [-0.3, -0.25) is 0 Å². The van der Waals surface area contributed by atoms with Gasteiger partial charge in [0.1, 0.15) is 0 Å². The SMILES string of the molecule is COC(=O)c1occc1CNC(C)c1ccccc1. The number of methoxy groups -OCH3 is 1. The Kier molecular flexibility index (Phi) is 4.36. The topological polar surface area (TPSA) is 51.5 Å². The van der Waals surface area contributed by atoms with E-state index >= 15 is 0 Å². The average Bonchev–Trinajstić information content (AvgIpc) is 2.93. The van der Waals surface area contributed by atoms with Gasteiger partial charge >= 0.3 is 5.97 Å². The Bertz CT molecular complexity index is 533. The maximum absolute atomic E-state index is 11.5. The molecule has 0 radical (unpaired) electrons. The van der Waals surface area contributed by atoms with Gasteiger partial charge in [-0.25, -0.2) is 4.79 Å². The van der Waals surface area contributed by atoms with Crippen LogP contribution in [0.15, 0.2) is 47.1 Å². The van der Waals surface area contributed by atoms with E-state index in [1.165, 1.54) is 18.9 Å². The third kappa shape index (κ3) is 3.23. The number of esters is 1. The van der Waals surface area contributed by atoms with Crippen LogP contribution in [0.1, 0.15) is 34.6 Å². The number of benzene rings is 1. The third-order valence-electron chi connectivity index (χ3n) is 3.02. The van der Waals surface area contributed by atoms with Crippen molar-refractivity contribution in [1.29, 1.82) is 0 Å². The lowest BCUT2D eigenvalue weighted by molar-refractivity contribution is 0.0563. The molecular weight excluding hydrogens is 242 g/mol. The van der Waals surface area contributed by atoms with Crippen LogP contribution in [-0.2, 0) is 11.3 Å². The number of furan rings is 1. The maximum atomic E-state index is 11.5. The molecule has 1 aromatic heterocycles. The predicted octanol–water partition coefficient (Wildman–Crippen LogP) is 2.92. The highest BCUT2D eigenvalue weighted by atomic mass is 16.5. The normalized spacial score (nSPS) is 12.1. The minimum atomic E-state index is -0.450. The van der Waals surface area contributed by atoms with Gasteiger partial charge in [-0.05, 0) is 18.6 Å². The van der Waals surface area contributed by atoms with Crippen molar-refractivity contribution in [3.05, 3.63) is 59.5 Å². The first kappa shape index (κ1) is 13.4. The van der Waals surface area contributed by atoms with Crippen molar-refractivity contribution in [2.24, 2.45) is 0 Å². The van der Waals surface area contributed by atoms with E-state index in [0.29, 0.717) is 6.54 Å². The maximum Gasteiger partial charge on any atom is 0.374 e. The summed E-state index contributed by atoms with van der Waals surface area (Å²) >= 11 is 0. The zero-order valence-electron chi connectivity index (χ0n) is 11.1. The van der Waals surface area contributed by atoms with E-state index in [4.69, 9.17) is 4.42 Å². The Morgan fingerprint density at radius 2 is 2.05 bits per heavy atom. The van der Waals surface area contributed by atoms with Crippen LogP contribution in [0.4, 0.5) is 0 Å². The summed E-state index contributed by atoms with van der Waals surface area (Å²) in [5.74, 6) is -0.190. The molecule has 0 saturated carbocycles. The summed E-state index contributed by atoms with van der Waals surface area (Å²) in [4.78, 5) is 11.5. The molecule has 0 spiro atoms. The van der Waals surface area contributed by atoms with Gasteiger partial charge < -0.3 is 14.5 Å². The summed E-state index contributed by atoms with van der Waals surface area (Å²) in [5, 5.41) is 3.35. The fourth-order valence-corrected chi connectivity index (χ4v) is 1.87. The summed E-state index contributed by atoms with van der Waals surface area (Å²) in [6, 6.07) is 12.1. The Morgan fingerprint density at radius 3 is 2.74 bits per heavy atom. The molecule has 1 unspecified atom stereocenters. The first-order chi connectivity index (χ1) is 9.22. The monoisotopic (exact) mass is 259 g/mol. The Morgan fingerprint density at radius 1 is 1.32 bits per heavy atom. The fraction of sp³-hybridized carbons (Fsp3) is 0.267. The highest BCUT2D eigenvalue weighted by molar-refractivity contribution is 5.87. The quantitative estimate of drug-likeness (QED) is 0.839. The van der Waals surface area contributed by atoms with Crippen molar-refractivity contribution in [3.63, 3.8) is 0 Å². The van der Waals surface area contributed by atoms with E-state index in [9.17, 15) is 4.79 Å². The molecule has 2 aromatic rings. The molecule has 100 valence electrons.